The van der Waals surface area contributed by atoms with Gasteiger partial charge in [0.25, 0.3) is 5.91 Å². The van der Waals surface area contributed by atoms with Crippen LogP contribution in [0.5, 0.6) is 0 Å². The number of anilines is 1. The van der Waals surface area contributed by atoms with E-state index in [-0.39, 0.29) is 11.3 Å². The molecule has 28 heavy (non-hydrogen) atoms. The highest BCUT2D eigenvalue weighted by Crippen LogP contribution is 2.25. The van der Waals surface area contributed by atoms with E-state index in [4.69, 9.17) is 4.74 Å². The molecule has 0 aliphatic rings. The number of rotatable bonds is 4. The van der Waals surface area contributed by atoms with Crippen molar-refractivity contribution >= 4 is 28.3 Å². The molecule has 0 spiro atoms. The lowest BCUT2D eigenvalue weighted by atomic mass is 10.0. The number of hydrogen-bond donors (Lipinski definition) is 1. The zero-order valence-corrected chi connectivity index (χ0v) is 15.0. The van der Waals surface area contributed by atoms with Crippen molar-refractivity contribution in [3.8, 4) is 5.69 Å². The Hall–Kier alpha value is -4.00. The molecule has 0 saturated carbocycles. The first-order valence-electron chi connectivity index (χ1n) is 8.56. The normalized spacial score (nSPS) is 10.6. The molecule has 1 amide bonds. The molecule has 4 aromatic rings. The van der Waals surface area contributed by atoms with Gasteiger partial charge in [0, 0.05) is 0 Å². The maximum Gasteiger partial charge on any atom is 0.339 e. The molecule has 0 saturated heterocycles. The first kappa shape index (κ1) is 17.4. The molecule has 0 radical (unpaired) electrons. The average Bonchev–Trinajstić information content (AvgIpc) is 3.24. The van der Waals surface area contributed by atoms with Gasteiger partial charge in [-0.3, -0.25) is 4.79 Å². The third kappa shape index (κ3) is 3.33. The molecule has 7 heteroatoms. The van der Waals surface area contributed by atoms with Crippen LogP contribution in [0.1, 0.15) is 20.8 Å². The van der Waals surface area contributed by atoms with Gasteiger partial charge in [0.1, 0.15) is 0 Å². The number of aromatic nitrogens is 3. The van der Waals surface area contributed by atoms with Gasteiger partial charge in [0.2, 0.25) is 0 Å². The van der Waals surface area contributed by atoms with E-state index in [1.165, 1.54) is 18.1 Å². The van der Waals surface area contributed by atoms with Crippen LogP contribution in [0.3, 0.4) is 0 Å². The summed E-state index contributed by atoms with van der Waals surface area (Å²) >= 11 is 0. The summed E-state index contributed by atoms with van der Waals surface area (Å²) in [6.07, 6.45) is 1.38. The Bertz CT molecular complexity index is 1170. The van der Waals surface area contributed by atoms with E-state index in [0.717, 1.165) is 16.5 Å². The second-order valence-corrected chi connectivity index (χ2v) is 6.05. The van der Waals surface area contributed by atoms with Gasteiger partial charge in [-0.15, -0.1) is 5.10 Å². The lowest BCUT2D eigenvalue weighted by Gasteiger charge is -2.11. The third-order valence-electron chi connectivity index (χ3n) is 4.25. The number of esters is 1. The van der Waals surface area contributed by atoms with Crippen molar-refractivity contribution < 1.29 is 14.3 Å². The van der Waals surface area contributed by atoms with Crippen molar-refractivity contribution in [1.29, 1.82) is 0 Å². The Kier molecular flexibility index (Phi) is 4.55. The minimum atomic E-state index is -0.533. The van der Waals surface area contributed by atoms with Crippen LogP contribution in [0, 0.1) is 0 Å². The van der Waals surface area contributed by atoms with E-state index in [2.05, 4.69) is 15.5 Å². The number of benzene rings is 3. The van der Waals surface area contributed by atoms with E-state index in [9.17, 15) is 9.59 Å². The summed E-state index contributed by atoms with van der Waals surface area (Å²) in [6, 6.07) is 20.2. The zero-order valence-electron chi connectivity index (χ0n) is 15.0. The lowest BCUT2D eigenvalue weighted by Crippen LogP contribution is -2.16. The maximum absolute atomic E-state index is 12.7. The summed E-state index contributed by atoms with van der Waals surface area (Å²) in [6.45, 7) is 0. The molecule has 1 heterocycles. The van der Waals surface area contributed by atoms with E-state index >= 15 is 0 Å². The molecule has 0 aliphatic heterocycles. The highest BCUT2D eigenvalue weighted by Gasteiger charge is 2.18. The quantitative estimate of drug-likeness (QED) is 0.555. The fourth-order valence-electron chi connectivity index (χ4n) is 2.86. The summed E-state index contributed by atoms with van der Waals surface area (Å²) in [4.78, 5) is 26.2. The first-order chi connectivity index (χ1) is 13.7. The highest BCUT2D eigenvalue weighted by molar-refractivity contribution is 6.09. The molecular formula is C21H16N4O3. The molecule has 138 valence electrons. The van der Waals surface area contributed by atoms with E-state index in [1.54, 1.807) is 12.1 Å². The number of para-hydroxylation sites is 1. The fraction of sp³-hybridized carbons (Fsp3) is 0.0476. The number of nitrogens with one attached hydrogen (secondary N) is 1. The molecule has 1 N–H and O–H groups in total. The van der Waals surface area contributed by atoms with Crippen molar-refractivity contribution in [2.45, 2.75) is 0 Å². The summed E-state index contributed by atoms with van der Waals surface area (Å²) in [5.41, 5.74) is 1.49. The van der Waals surface area contributed by atoms with Crippen LogP contribution in [-0.4, -0.2) is 34.0 Å². The van der Waals surface area contributed by atoms with Crippen LogP contribution in [0.2, 0.25) is 0 Å². The van der Waals surface area contributed by atoms with Gasteiger partial charge in [0.05, 0.1) is 30.2 Å². The second-order valence-electron chi connectivity index (χ2n) is 6.05. The third-order valence-corrected chi connectivity index (χ3v) is 4.25. The van der Waals surface area contributed by atoms with Gasteiger partial charge in [-0.1, -0.05) is 42.5 Å². The number of carbonyl (C=O) groups excluding carboxylic acids is 2. The minimum Gasteiger partial charge on any atom is -0.465 e. The summed E-state index contributed by atoms with van der Waals surface area (Å²) < 4.78 is 4.85. The van der Waals surface area contributed by atoms with Crippen LogP contribution in [0.15, 0.2) is 72.9 Å². The van der Waals surface area contributed by atoms with Crippen LogP contribution >= 0.6 is 0 Å². The number of fused-ring (bicyclic) bond motifs is 1. The molecule has 3 aromatic carbocycles. The predicted molar refractivity (Wildman–Crippen MR) is 105 cm³/mol. The largest absolute Gasteiger partial charge is 0.465 e. The van der Waals surface area contributed by atoms with Crippen molar-refractivity contribution in [2.75, 3.05) is 12.4 Å². The van der Waals surface area contributed by atoms with Gasteiger partial charge >= 0.3 is 5.97 Å². The number of nitrogens with zero attached hydrogens (tertiary/aromatic N) is 3. The van der Waals surface area contributed by atoms with Gasteiger partial charge in [-0.05, 0) is 35.0 Å². The SMILES string of the molecule is COC(=O)c1cc2ccccc2cc1NC(=O)c1cnn(-c2ccccc2)n1. The Morgan fingerprint density at radius 3 is 2.36 bits per heavy atom. The molecule has 0 fully saturated rings. The highest BCUT2D eigenvalue weighted by atomic mass is 16.5. The van der Waals surface area contributed by atoms with Crippen molar-refractivity contribution in [1.82, 2.24) is 15.0 Å². The van der Waals surface area contributed by atoms with E-state index in [0.29, 0.717) is 5.69 Å². The minimum absolute atomic E-state index is 0.132. The van der Waals surface area contributed by atoms with Crippen LogP contribution in [-0.2, 0) is 4.74 Å². The molecule has 0 aliphatic carbocycles. The molecule has 0 bridgehead atoms. The van der Waals surface area contributed by atoms with Crippen LogP contribution in [0.25, 0.3) is 16.5 Å². The lowest BCUT2D eigenvalue weighted by molar-refractivity contribution is 0.0602. The van der Waals surface area contributed by atoms with Crippen molar-refractivity contribution in [3.05, 3.63) is 84.2 Å². The van der Waals surface area contributed by atoms with E-state index < -0.39 is 11.9 Å². The molecule has 1 aromatic heterocycles. The summed E-state index contributed by atoms with van der Waals surface area (Å²) in [5, 5.41) is 12.8. The predicted octanol–water partition coefficient (Wildman–Crippen LogP) is 3.46. The molecule has 0 atom stereocenters. The fourth-order valence-corrected chi connectivity index (χ4v) is 2.86. The van der Waals surface area contributed by atoms with Gasteiger partial charge in [-0.2, -0.15) is 9.90 Å². The Labute approximate surface area is 160 Å². The van der Waals surface area contributed by atoms with Gasteiger partial charge in [0.15, 0.2) is 5.69 Å². The molecule has 0 unspecified atom stereocenters. The topological polar surface area (TPSA) is 86.1 Å². The Morgan fingerprint density at radius 1 is 0.964 bits per heavy atom. The van der Waals surface area contributed by atoms with Crippen LogP contribution in [0.4, 0.5) is 5.69 Å². The Balaban J connectivity index is 1.67. The van der Waals surface area contributed by atoms with E-state index in [1.807, 2.05) is 54.6 Å². The maximum atomic E-state index is 12.7. The number of hydrogen-bond acceptors (Lipinski definition) is 5. The van der Waals surface area contributed by atoms with Gasteiger partial charge in [-0.25, -0.2) is 4.79 Å². The number of amides is 1. The first-order valence-corrected chi connectivity index (χ1v) is 8.56. The van der Waals surface area contributed by atoms with Gasteiger partial charge < -0.3 is 10.1 Å². The summed E-state index contributed by atoms with van der Waals surface area (Å²) in [5.74, 6) is -1.00. The molecule has 7 nitrogen and oxygen atoms in total. The number of carbonyl (C=O) groups is 2. The number of ether oxygens (including phenoxy) is 1. The monoisotopic (exact) mass is 372 g/mol. The van der Waals surface area contributed by atoms with Crippen molar-refractivity contribution in [2.24, 2.45) is 0 Å². The smallest absolute Gasteiger partial charge is 0.339 e. The standard InChI is InChI=1S/C21H16N4O3/c1-28-21(27)17-11-14-7-5-6-8-15(14)12-18(17)23-20(26)19-13-22-25(24-19)16-9-3-2-4-10-16/h2-13H,1H3,(H,23,26). The zero-order chi connectivity index (χ0) is 19.5. The summed E-state index contributed by atoms with van der Waals surface area (Å²) in [7, 11) is 1.30. The average molecular weight is 372 g/mol. The Morgan fingerprint density at radius 2 is 1.64 bits per heavy atom. The van der Waals surface area contributed by atoms with Crippen LogP contribution < -0.4 is 5.32 Å². The molecule has 4 rings (SSSR count). The number of methoxy groups -OCH3 is 1. The molecular weight excluding hydrogens is 356 g/mol. The second kappa shape index (κ2) is 7.32. The van der Waals surface area contributed by atoms with Crippen molar-refractivity contribution in [3.63, 3.8) is 0 Å².